The average Bonchev–Trinajstić information content (AvgIpc) is 2.18. The molecule has 0 radical (unpaired) electrons. The van der Waals surface area contributed by atoms with Gasteiger partial charge in [-0.25, -0.2) is 9.79 Å². The average molecular weight is 183 g/mol. The summed E-state index contributed by atoms with van der Waals surface area (Å²) in [4.78, 5) is 24.7. The van der Waals surface area contributed by atoms with Gasteiger partial charge in [-0.15, -0.1) is 0 Å². The maximum absolute atomic E-state index is 11.1. The van der Waals surface area contributed by atoms with Crippen LogP contribution in [-0.2, 0) is 14.3 Å². The minimum Gasteiger partial charge on any atom is -0.469 e. The van der Waals surface area contributed by atoms with Gasteiger partial charge in [0.1, 0.15) is 0 Å². The van der Waals surface area contributed by atoms with E-state index in [-0.39, 0.29) is 17.9 Å². The molecular weight excluding hydrogens is 170 g/mol. The molecule has 1 aliphatic rings. The van der Waals surface area contributed by atoms with Crippen molar-refractivity contribution in [1.82, 2.24) is 0 Å². The lowest BCUT2D eigenvalue weighted by molar-refractivity contribution is -0.146. The Balaban J connectivity index is 2.38. The summed E-state index contributed by atoms with van der Waals surface area (Å²) in [6.07, 6.45) is 4.66. The number of ether oxygens (including phenoxy) is 1. The molecule has 0 aliphatic heterocycles. The number of hydrogen-bond acceptors (Lipinski definition) is 4. The van der Waals surface area contributed by atoms with Gasteiger partial charge in [0.25, 0.3) is 0 Å². The highest BCUT2D eigenvalue weighted by Crippen LogP contribution is 2.26. The summed E-state index contributed by atoms with van der Waals surface area (Å²) < 4.78 is 4.64. The van der Waals surface area contributed by atoms with Crippen molar-refractivity contribution in [3.05, 3.63) is 0 Å². The first-order valence-corrected chi connectivity index (χ1v) is 4.42. The fourth-order valence-corrected chi connectivity index (χ4v) is 1.68. The fourth-order valence-electron chi connectivity index (χ4n) is 1.68. The second-order valence-corrected chi connectivity index (χ2v) is 3.25. The SMILES string of the molecule is COC(=O)C1CCC(N=C=O)CC1. The largest absolute Gasteiger partial charge is 0.469 e. The van der Waals surface area contributed by atoms with Gasteiger partial charge in [0, 0.05) is 0 Å². The second-order valence-electron chi connectivity index (χ2n) is 3.25. The van der Waals surface area contributed by atoms with Crippen LogP contribution in [0.1, 0.15) is 25.7 Å². The molecule has 0 aromatic carbocycles. The standard InChI is InChI=1S/C9H13NO3/c1-13-9(12)7-2-4-8(5-3-7)10-6-11/h7-8H,2-5H2,1H3. The van der Waals surface area contributed by atoms with Crippen LogP contribution in [0.25, 0.3) is 0 Å². The topological polar surface area (TPSA) is 55.7 Å². The number of hydrogen-bond donors (Lipinski definition) is 0. The van der Waals surface area contributed by atoms with Gasteiger partial charge in [0.05, 0.1) is 19.1 Å². The van der Waals surface area contributed by atoms with E-state index in [9.17, 15) is 9.59 Å². The van der Waals surface area contributed by atoms with Crippen LogP contribution in [0.15, 0.2) is 4.99 Å². The Morgan fingerprint density at radius 3 is 2.46 bits per heavy atom. The Morgan fingerprint density at radius 2 is 2.00 bits per heavy atom. The summed E-state index contributed by atoms with van der Waals surface area (Å²) in [5.74, 6) is -0.142. The van der Waals surface area contributed by atoms with E-state index in [1.54, 1.807) is 6.08 Å². The smallest absolute Gasteiger partial charge is 0.308 e. The van der Waals surface area contributed by atoms with Crippen LogP contribution in [-0.4, -0.2) is 25.2 Å². The molecule has 0 heterocycles. The van der Waals surface area contributed by atoms with Crippen molar-refractivity contribution in [2.45, 2.75) is 31.7 Å². The van der Waals surface area contributed by atoms with E-state index < -0.39 is 0 Å². The molecule has 0 bridgehead atoms. The summed E-state index contributed by atoms with van der Waals surface area (Å²) in [5, 5.41) is 0. The summed E-state index contributed by atoms with van der Waals surface area (Å²) in [6, 6.07) is 0.0680. The number of methoxy groups -OCH3 is 1. The molecule has 1 saturated carbocycles. The molecule has 0 unspecified atom stereocenters. The minimum atomic E-state index is -0.145. The van der Waals surface area contributed by atoms with Crippen LogP contribution in [0, 0.1) is 5.92 Å². The van der Waals surface area contributed by atoms with Gasteiger partial charge in [0.2, 0.25) is 6.08 Å². The Bertz CT molecular complexity index is 225. The van der Waals surface area contributed by atoms with Crippen molar-refractivity contribution in [3.8, 4) is 0 Å². The van der Waals surface area contributed by atoms with Gasteiger partial charge < -0.3 is 4.74 Å². The highest BCUT2D eigenvalue weighted by molar-refractivity contribution is 5.72. The molecule has 0 spiro atoms. The third-order valence-electron chi connectivity index (χ3n) is 2.47. The van der Waals surface area contributed by atoms with E-state index in [0.29, 0.717) is 0 Å². The van der Waals surface area contributed by atoms with Crippen molar-refractivity contribution < 1.29 is 14.3 Å². The quantitative estimate of drug-likeness (QED) is 0.365. The molecule has 0 N–H and O–H groups in total. The lowest BCUT2D eigenvalue weighted by Gasteiger charge is -2.22. The number of isocyanates is 1. The van der Waals surface area contributed by atoms with Crippen LogP contribution < -0.4 is 0 Å². The van der Waals surface area contributed by atoms with Gasteiger partial charge >= 0.3 is 5.97 Å². The summed E-state index contributed by atoms with van der Waals surface area (Å²) in [6.45, 7) is 0. The fraction of sp³-hybridized carbons (Fsp3) is 0.778. The van der Waals surface area contributed by atoms with Gasteiger partial charge in [-0.2, -0.15) is 0 Å². The Kier molecular flexibility index (Phi) is 3.65. The van der Waals surface area contributed by atoms with Crippen LogP contribution in [0.4, 0.5) is 0 Å². The molecule has 0 aromatic heterocycles. The number of aliphatic imine (C=N–C) groups is 1. The molecule has 4 nitrogen and oxygen atoms in total. The molecule has 0 aromatic rings. The zero-order chi connectivity index (χ0) is 9.68. The highest BCUT2D eigenvalue weighted by Gasteiger charge is 2.26. The monoisotopic (exact) mass is 183 g/mol. The third-order valence-corrected chi connectivity index (χ3v) is 2.47. The van der Waals surface area contributed by atoms with E-state index >= 15 is 0 Å². The lowest BCUT2D eigenvalue weighted by Crippen LogP contribution is -2.24. The Morgan fingerprint density at radius 1 is 1.38 bits per heavy atom. The molecule has 13 heavy (non-hydrogen) atoms. The van der Waals surface area contributed by atoms with Crippen molar-refractivity contribution in [2.75, 3.05) is 7.11 Å². The molecule has 1 rings (SSSR count). The maximum Gasteiger partial charge on any atom is 0.308 e. The van der Waals surface area contributed by atoms with Gasteiger partial charge in [0.15, 0.2) is 0 Å². The molecule has 4 heteroatoms. The first-order valence-electron chi connectivity index (χ1n) is 4.42. The van der Waals surface area contributed by atoms with Crippen LogP contribution in [0.5, 0.6) is 0 Å². The minimum absolute atomic E-state index is 0.00287. The molecule has 0 amide bonds. The first kappa shape index (κ1) is 9.93. The molecule has 1 fully saturated rings. The maximum atomic E-state index is 11.1. The predicted molar refractivity (Wildman–Crippen MR) is 45.9 cm³/mol. The number of nitrogens with zero attached hydrogens (tertiary/aromatic N) is 1. The Labute approximate surface area is 77.0 Å². The summed E-state index contributed by atoms with van der Waals surface area (Å²) in [7, 11) is 1.40. The van der Waals surface area contributed by atoms with Crippen molar-refractivity contribution in [3.63, 3.8) is 0 Å². The van der Waals surface area contributed by atoms with E-state index in [2.05, 4.69) is 9.73 Å². The van der Waals surface area contributed by atoms with Crippen molar-refractivity contribution in [2.24, 2.45) is 10.9 Å². The van der Waals surface area contributed by atoms with E-state index in [0.717, 1.165) is 25.7 Å². The van der Waals surface area contributed by atoms with Crippen LogP contribution in [0.2, 0.25) is 0 Å². The zero-order valence-electron chi connectivity index (χ0n) is 7.66. The molecule has 0 atom stereocenters. The van der Waals surface area contributed by atoms with Gasteiger partial charge in [-0.3, -0.25) is 4.79 Å². The van der Waals surface area contributed by atoms with E-state index in [1.807, 2.05) is 0 Å². The van der Waals surface area contributed by atoms with E-state index in [1.165, 1.54) is 7.11 Å². The number of carbonyl (C=O) groups excluding carboxylic acids is 2. The number of esters is 1. The third kappa shape index (κ3) is 2.67. The van der Waals surface area contributed by atoms with E-state index in [4.69, 9.17) is 0 Å². The zero-order valence-corrected chi connectivity index (χ0v) is 7.66. The lowest BCUT2D eigenvalue weighted by atomic mass is 9.86. The summed E-state index contributed by atoms with van der Waals surface area (Å²) >= 11 is 0. The van der Waals surface area contributed by atoms with Gasteiger partial charge in [-0.05, 0) is 25.7 Å². The van der Waals surface area contributed by atoms with Crippen LogP contribution >= 0.6 is 0 Å². The predicted octanol–water partition coefficient (Wildman–Crippen LogP) is 1.05. The molecule has 72 valence electrons. The first-order chi connectivity index (χ1) is 6.27. The van der Waals surface area contributed by atoms with Crippen LogP contribution in [0.3, 0.4) is 0 Å². The molecular formula is C9H13NO3. The summed E-state index contributed by atoms with van der Waals surface area (Å²) in [5.41, 5.74) is 0. The second kappa shape index (κ2) is 4.77. The van der Waals surface area contributed by atoms with Crippen molar-refractivity contribution in [1.29, 1.82) is 0 Å². The molecule has 1 aliphatic carbocycles. The number of rotatable bonds is 2. The number of carbonyl (C=O) groups is 1. The van der Waals surface area contributed by atoms with Crippen molar-refractivity contribution >= 4 is 12.0 Å². The van der Waals surface area contributed by atoms with Gasteiger partial charge in [-0.1, -0.05) is 0 Å². The Hall–Kier alpha value is -1.15. The highest BCUT2D eigenvalue weighted by atomic mass is 16.5. The molecule has 0 saturated heterocycles. The normalized spacial score (nSPS) is 27.5.